The third-order valence-corrected chi connectivity index (χ3v) is 2.46. The van der Waals surface area contributed by atoms with Crippen LogP contribution in [0.25, 0.3) is 0 Å². The molecule has 72 valence electrons. The molecule has 0 amide bonds. The fraction of sp³-hybridized carbons (Fsp3) is 0.545. The number of pyridine rings is 1. The number of nitrogens with zero attached hydrogens (tertiary/aromatic N) is 1. The topological polar surface area (TPSA) is 33.1 Å². The van der Waals surface area contributed by atoms with E-state index in [2.05, 4.69) is 18.8 Å². The minimum atomic E-state index is 0.0357. The normalized spacial score (nSPS) is 10.8. The molecule has 0 aliphatic heterocycles. The van der Waals surface area contributed by atoms with Crippen LogP contribution < -0.4 is 0 Å². The highest BCUT2D eigenvalue weighted by atomic mass is 16.3. The van der Waals surface area contributed by atoms with Crippen molar-refractivity contribution >= 4 is 0 Å². The summed E-state index contributed by atoms with van der Waals surface area (Å²) in [4.78, 5) is 4.06. The molecule has 0 fully saturated rings. The van der Waals surface area contributed by atoms with Gasteiger partial charge < -0.3 is 5.11 Å². The fourth-order valence-corrected chi connectivity index (χ4v) is 1.60. The molecule has 0 spiro atoms. The smallest absolute Gasteiger partial charge is 0.0853 e. The van der Waals surface area contributed by atoms with Gasteiger partial charge in [0.2, 0.25) is 0 Å². The molecular formula is C11H17NO. The molecule has 1 N–H and O–H groups in total. The van der Waals surface area contributed by atoms with Crippen molar-refractivity contribution in [3.8, 4) is 0 Å². The van der Waals surface area contributed by atoms with Crippen LogP contribution in [0, 0.1) is 0 Å². The molecule has 0 saturated carbocycles. The van der Waals surface area contributed by atoms with Crippen molar-refractivity contribution in [2.24, 2.45) is 0 Å². The zero-order valence-corrected chi connectivity index (χ0v) is 8.33. The van der Waals surface area contributed by atoms with Crippen LogP contribution in [0.5, 0.6) is 0 Å². The van der Waals surface area contributed by atoms with Crippen LogP contribution in [0.3, 0.4) is 0 Å². The molecule has 0 aliphatic rings. The van der Waals surface area contributed by atoms with Gasteiger partial charge in [0.25, 0.3) is 0 Å². The molecule has 0 atom stereocenters. The van der Waals surface area contributed by atoms with Crippen molar-refractivity contribution in [2.75, 3.05) is 0 Å². The largest absolute Gasteiger partial charge is 0.390 e. The van der Waals surface area contributed by atoms with E-state index >= 15 is 0 Å². The Labute approximate surface area is 79.6 Å². The maximum atomic E-state index is 8.93. The average molecular weight is 179 g/mol. The van der Waals surface area contributed by atoms with E-state index in [-0.39, 0.29) is 6.61 Å². The Balaban J connectivity index is 2.86. The molecule has 0 aromatic carbocycles. The summed E-state index contributed by atoms with van der Waals surface area (Å²) in [5.41, 5.74) is 2.06. The van der Waals surface area contributed by atoms with Crippen LogP contribution in [0.4, 0.5) is 0 Å². The van der Waals surface area contributed by atoms with Crippen molar-refractivity contribution in [1.29, 1.82) is 0 Å². The zero-order valence-electron chi connectivity index (χ0n) is 8.33. The molecule has 1 rings (SSSR count). The van der Waals surface area contributed by atoms with Crippen molar-refractivity contribution in [1.82, 2.24) is 4.98 Å². The third kappa shape index (κ3) is 2.52. The lowest BCUT2D eigenvalue weighted by molar-refractivity contribution is 0.276. The molecule has 0 bridgehead atoms. The number of aliphatic hydroxyl groups is 1. The van der Waals surface area contributed by atoms with Crippen molar-refractivity contribution in [2.45, 2.75) is 39.2 Å². The summed E-state index contributed by atoms with van der Waals surface area (Å²) in [5, 5.41) is 8.93. The summed E-state index contributed by atoms with van der Waals surface area (Å²) < 4.78 is 0. The summed E-state index contributed by atoms with van der Waals surface area (Å²) >= 11 is 0. The summed E-state index contributed by atoms with van der Waals surface area (Å²) in [5.74, 6) is 0.605. The van der Waals surface area contributed by atoms with Crippen molar-refractivity contribution < 1.29 is 5.11 Å². The molecule has 1 heterocycles. The highest BCUT2D eigenvalue weighted by molar-refractivity contribution is 5.20. The molecule has 0 saturated heterocycles. The van der Waals surface area contributed by atoms with E-state index in [0.717, 1.165) is 18.5 Å². The van der Waals surface area contributed by atoms with E-state index in [4.69, 9.17) is 5.11 Å². The predicted molar refractivity (Wildman–Crippen MR) is 53.5 cm³/mol. The summed E-state index contributed by atoms with van der Waals surface area (Å²) in [6.45, 7) is 4.41. The van der Waals surface area contributed by atoms with Gasteiger partial charge in [-0.05, 0) is 36.5 Å². The predicted octanol–water partition coefficient (Wildman–Crippen LogP) is 2.48. The van der Waals surface area contributed by atoms with Gasteiger partial charge >= 0.3 is 0 Å². The minimum Gasteiger partial charge on any atom is -0.390 e. The lowest BCUT2D eigenvalue weighted by Gasteiger charge is -2.12. The van der Waals surface area contributed by atoms with Crippen molar-refractivity contribution in [3.05, 3.63) is 29.6 Å². The van der Waals surface area contributed by atoms with Gasteiger partial charge in [-0.15, -0.1) is 0 Å². The maximum Gasteiger partial charge on any atom is 0.0853 e. The van der Waals surface area contributed by atoms with Crippen LogP contribution >= 0.6 is 0 Å². The second-order valence-corrected chi connectivity index (χ2v) is 3.25. The van der Waals surface area contributed by atoms with E-state index in [1.54, 1.807) is 6.20 Å². The van der Waals surface area contributed by atoms with Gasteiger partial charge in [0.05, 0.1) is 12.3 Å². The van der Waals surface area contributed by atoms with Crippen molar-refractivity contribution in [3.63, 3.8) is 0 Å². The second-order valence-electron chi connectivity index (χ2n) is 3.25. The van der Waals surface area contributed by atoms with E-state index in [0.29, 0.717) is 5.92 Å². The van der Waals surface area contributed by atoms with Gasteiger partial charge in [0, 0.05) is 6.20 Å². The van der Waals surface area contributed by atoms with E-state index < -0.39 is 0 Å². The van der Waals surface area contributed by atoms with Gasteiger partial charge in [-0.25, -0.2) is 0 Å². The molecular weight excluding hydrogens is 162 g/mol. The van der Waals surface area contributed by atoms with Gasteiger partial charge in [0.1, 0.15) is 0 Å². The molecule has 0 unspecified atom stereocenters. The van der Waals surface area contributed by atoms with Crippen LogP contribution in [0.2, 0.25) is 0 Å². The monoisotopic (exact) mass is 179 g/mol. The first kappa shape index (κ1) is 10.2. The van der Waals surface area contributed by atoms with Gasteiger partial charge in [-0.1, -0.05) is 13.8 Å². The maximum absolute atomic E-state index is 8.93. The summed E-state index contributed by atoms with van der Waals surface area (Å²) in [7, 11) is 0. The van der Waals surface area contributed by atoms with Crippen LogP contribution in [0.1, 0.15) is 43.9 Å². The Kier molecular flexibility index (Phi) is 3.90. The van der Waals surface area contributed by atoms with E-state index in [1.807, 2.05) is 12.1 Å². The first-order valence-electron chi connectivity index (χ1n) is 4.87. The van der Waals surface area contributed by atoms with Gasteiger partial charge in [-0.2, -0.15) is 0 Å². The van der Waals surface area contributed by atoms with Crippen LogP contribution in [-0.2, 0) is 6.61 Å². The SMILES string of the molecule is CCC(CC)c1ccnc(CO)c1. The molecule has 13 heavy (non-hydrogen) atoms. The quantitative estimate of drug-likeness (QED) is 0.770. The van der Waals surface area contributed by atoms with Gasteiger partial charge in [0.15, 0.2) is 0 Å². The minimum absolute atomic E-state index is 0.0357. The molecule has 2 heteroatoms. The Hall–Kier alpha value is -0.890. The second kappa shape index (κ2) is 4.97. The van der Waals surface area contributed by atoms with E-state index in [1.165, 1.54) is 5.56 Å². The molecule has 0 radical (unpaired) electrons. The number of aromatic nitrogens is 1. The molecule has 2 nitrogen and oxygen atoms in total. The number of aliphatic hydroxyl groups excluding tert-OH is 1. The lowest BCUT2D eigenvalue weighted by atomic mass is 9.94. The highest BCUT2D eigenvalue weighted by Crippen LogP contribution is 2.22. The Bertz CT molecular complexity index is 256. The lowest BCUT2D eigenvalue weighted by Crippen LogP contribution is -1.98. The standard InChI is InChI=1S/C11H17NO/c1-3-9(4-2)10-5-6-12-11(7-10)8-13/h5-7,9,13H,3-4,8H2,1-2H3. The Morgan fingerprint density at radius 2 is 2.08 bits per heavy atom. The third-order valence-electron chi connectivity index (χ3n) is 2.46. The average Bonchev–Trinajstić information content (AvgIpc) is 2.20. The molecule has 1 aromatic heterocycles. The zero-order chi connectivity index (χ0) is 9.68. The number of hydrogen-bond acceptors (Lipinski definition) is 2. The van der Waals surface area contributed by atoms with Crippen LogP contribution in [0.15, 0.2) is 18.3 Å². The molecule has 0 aliphatic carbocycles. The first-order chi connectivity index (χ1) is 6.31. The summed E-state index contributed by atoms with van der Waals surface area (Å²) in [6, 6.07) is 4.04. The van der Waals surface area contributed by atoms with E-state index in [9.17, 15) is 0 Å². The van der Waals surface area contributed by atoms with Gasteiger partial charge in [-0.3, -0.25) is 4.98 Å². The Morgan fingerprint density at radius 1 is 1.38 bits per heavy atom. The number of rotatable bonds is 4. The first-order valence-corrected chi connectivity index (χ1v) is 4.87. The molecule has 1 aromatic rings. The Morgan fingerprint density at radius 3 is 2.62 bits per heavy atom. The fourth-order valence-electron chi connectivity index (χ4n) is 1.60. The number of hydrogen-bond donors (Lipinski definition) is 1. The summed E-state index contributed by atoms with van der Waals surface area (Å²) in [6.07, 6.45) is 4.07. The highest BCUT2D eigenvalue weighted by Gasteiger charge is 2.06. The van der Waals surface area contributed by atoms with Crippen LogP contribution in [-0.4, -0.2) is 10.1 Å².